The monoisotopic (exact) mass is 295 g/mol. The lowest BCUT2D eigenvalue weighted by Crippen LogP contribution is -2.32. The molecule has 3 rings (SSSR count). The molecule has 0 radical (unpaired) electrons. The van der Waals surface area contributed by atoms with Gasteiger partial charge in [0.2, 0.25) is 0 Å². The van der Waals surface area contributed by atoms with Crippen LogP contribution in [0.5, 0.6) is 5.75 Å². The van der Waals surface area contributed by atoms with Crippen molar-refractivity contribution in [3.8, 4) is 5.75 Å². The lowest BCUT2D eigenvalue weighted by molar-refractivity contribution is 0.0937. The molecule has 2 aromatic rings. The van der Waals surface area contributed by atoms with Crippen LogP contribution >= 0.6 is 0 Å². The van der Waals surface area contributed by atoms with Gasteiger partial charge in [0.05, 0.1) is 0 Å². The smallest absolute Gasteiger partial charge is 0.251 e. The van der Waals surface area contributed by atoms with E-state index >= 15 is 0 Å². The van der Waals surface area contributed by atoms with Gasteiger partial charge in [0.25, 0.3) is 5.91 Å². The van der Waals surface area contributed by atoms with Crippen molar-refractivity contribution in [3.63, 3.8) is 0 Å². The lowest BCUT2D eigenvalue weighted by atomic mass is 10.1. The quantitative estimate of drug-likeness (QED) is 0.907. The normalized spacial score (nSPS) is 14.7. The van der Waals surface area contributed by atoms with E-state index in [9.17, 15) is 4.79 Å². The zero-order valence-electron chi connectivity index (χ0n) is 12.6. The first-order valence-corrected chi connectivity index (χ1v) is 7.89. The molecule has 22 heavy (non-hydrogen) atoms. The summed E-state index contributed by atoms with van der Waals surface area (Å²) < 4.78 is 5.77. The van der Waals surface area contributed by atoms with Crippen LogP contribution in [0, 0.1) is 0 Å². The zero-order chi connectivity index (χ0) is 15.2. The Kier molecular flexibility index (Phi) is 4.74. The molecular weight excluding hydrogens is 274 g/mol. The van der Waals surface area contributed by atoms with E-state index in [4.69, 9.17) is 4.74 Å². The highest BCUT2D eigenvalue weighted by Gasteiger charge is 2.18. The largest absolute Gasteiger partial charge is 0.489 e. The maximum Gasteiger partial charge on any atom is 0.251 e. The van der Waals surface area contributed by atoms with Crippen LogP contribution in [-0.2, 0) is 6.61 Å². The van der Waals surface area contributed by atoms with Crippen LogP contribution in [0.4, 0.5) is 0 Å². The highest BCUT2D eigenvalue weighted by molar-refractivity contribution is 5.94. The van der Waals surface area contributed by atoms with Crippen molar-refractivity contribution in [1.29, 1.82) is 0 Å². The number of benzene rings is 2. The Morgan fingerprint density at radius 1 is 1.05 bits per heavy atom. The molecule has 0 atom stereocenters. The number of ether oxygens (including phenoxy) is 1. The molecule has 3 nitrogen and oxygen atoms in total. The molecule has 114 valence electrons. The zero-order valence-corrected chi connectivity index (χ0v) is 12.6. The maximum atomic E-state index is 12.3. The van der Waals surface area contributed by atoms with Gasteiger partial charge in [0.1, 0.15) is 12.4 Å². The predicted molar refractivity (Wildman–Crippen MR) is 86.9 cm³/mol. The second kappa shape index (κ2) is 7.12. The summed E-state index contributed by atoms with van der Waals surface area (Å²) in [6.07, 6.45) is 4.61. The third kappa shape index (κ3) is 3.88. The third-order valence-corrected chi connectivity index (χ3v) is 4.03. The van der Waals surface area contributed by atoms with Crippen LogP contribution in [0.1, 0.15) is 41.6 Å². The second-order valence-corrected chi connectivity index (χ2v) is 5.76. The lowest BCUT2D eigenvalue weighted by Gasteiger charge is -2.13. The van der Waals surface area contributed by atoms with Gasteiger partial charge in [-0.15, -0.1) is 0 Å². The van der Waals surface area contributed by atoms with Crippen molar-refractivity contribution in [1.82, 2.24) is 5.32 Å². The van der Waals surface area contributed by atoms with Gasteiger partial charge in [-0.1, -0.05) is 49.2 Å². The minimum absolute atomic E-state index is 0.00272. The Balaban J connectivity index is 1.60. The van der Waals surface area contributed by atoms with Crippen LogP contribution in [0.25, 0.3) is 0 Å². The van der Waals surface area contributed by atoms with Gasteiger partial charge in [-0.05, 0) is 36.6 Å². The second-order valence-electron chi connectivity index (χ2n) is 5.76. The van der Waals surface area contributed by atoms with Gasteiger partial charge < -0.3 is 10.1 Å². The van der Waals surface area contributed by atoms with Gasteiger partial charge in [-0.25, -0.2) is 0 Å². The number of rotatable bonds is 5. The molecular formula is C19H21NO2. The number of carbonyl (C=O) groups is 1. The molecule has 0 aromatic heterocycles. The topological polar surface area (TPSA) is 38.3 Å². The van der Waals surface area contributed by atoms with Crippen molar-refractivity contribution in [2.75, 3.05) is 0 Å². The summed E-state index contributed by atoms with van der Waals surface area (Å²) in [4.78, 5) is 12.3. The SMILES string of the molecule is O=C(NC1CCCC1)c1cccc(OCc2ccccc2)c1. The third-order valence-electron chi connectivity index (χ3n) is 4.03. The Labute approximate surface area is 131 Å². The summed E-state index contributed by atoms with van der Waals surface area (Å²) in [5.41, 5.74) is 1.78. The summed E-state index contributed by atoms with van der Waals surface area (Å²) in [6, 6.07) is 17.7. The number of amides is 1. The average molecular weight is 295 g/mol. The molecule has 0 unspecified atom stereocenters. The molecule has 1 aliphatic carbocycles. The summed E-state index contributed by atoms with van der Waals surface area (Å²) in [5, 5.41) is 3.10. The van der Waals surface area contributed by atoms with Crippen molar-refractivity contribution in [3.05, 3.63) is 65.7 Å². The van der Waals surface area contributed by atoms with E-state index in [1.807, 2.05) is 54.6 Å². The molecule has 0 saturated heterocycles. The van der Waals surface area contributed by atoms with E-state index in [1.165, 1.54) is 12.8 Å². The first-order valence-electron chi connectivity index (χ1n) is 7.89. The van der Waals surface area contributed by atoms with Gasteiger partial charge >= 0.3 is 0 Å². The average Bonchev–Trinajstić information content (AvgIpc) is 3.07. The molecule has 0 spiro atoms. The van der Waals surface area contributed by atoms with E-state index in [2.05, 4.69) is 5.32 Å². The Morgan fingerprint density at radius 3 is 2.59 bits per heavy atom. The molecule has 3 heteroatoms. The molecule has 0 heterocycles. The highest BCUT2D eigenvalue weighted by atomic mass is 16.5. The van der Waals surface area contributed by atoms with Crippen molar-refractivity contribution >= 4 is 5.91 Å². The first-order chi connectivity index (χ1) is 10.8. The number of hydrogen-bond donors (Lipinski definition) is 1. The fraction of sp³-hybridized carbons (Fsp3) is 0.316. The fourth-order valence-corrected chi connectivity index (χ4v) is 2.81. The number of hydrogen-bond acceptors (Lipinski definition) is 2. The molecule has 0 aliphatic heterocycles. The standard InChI is InChI=1S/C19H21NO2/c21-19(20-17-10-4-5-11-17)16-9-6-12-18(13-16)22-14-15-7-2-1-3-8-15/h1-3,6-9,12-13,17H,4-5,10-11,14H2,(H,20,21). The van der Waals surface area contributed by atoms with Gasteiger partial charge in [0, 0.05) is 11.6 Å². The summed E-state index contributed by atoms with van der Waals surface area (Å²) in [7, 11) is 0. The highest BCUT2D eigenvalue weighted by Crippen LogP contribution is 2.19. The van der Waals surface area contributed by atoms with Crippen molar-refractivity contribution in [2.24, 2.45) is 0 Å². The summed E-state index contributed by atoms with van der Waals surface area (Å²) in [6.45, 7) is 0.508. The summed E-state index contributed by atoms with van der Waals surface area (Å²) >= 11 is 0. The minimum atomic E-state index is -0.00272. The van der Waals surface area contributed by atoms with E-state index in [0.29, 0.717) is 18.2 Å². The molecule has 1 amide bonds. The van der Waals surface area contributed by atoms with Gasteiger partial charge in [-0.3, -0.25) is 4.79 Å². The molecule has 1 fully saturated rings. The van der Waals surface area contributed by atoms with E-state index in [0.717, 1.165) is 24.2 Å². The van der Waals surface area contributed by atoms with Gasteiger partial charge in [-0.2, -0.15) is 0 Å². The Morgan fingerprint density at radius 2 is 1.82 bits per heavy atom. The van der Waals surface area contributed by atoms with Crippen molar-refractivity contribution in [2.45, 2.75) is 38.3 Å². The van der Waals surface area contributed by atoms with Gasteiger partial charge in [0.15, 0.2) is 0 Å². The summed E-state index contributed by atoms with van der Waals surface area (Å²) in [5.74, 6) is 0.722. The van der Waals surface area contributed by atoms with E-state index in [1.54, 1.807) is 0 Å². The Bertz CT molecular complexity index is 618. The first kappa shape index (κ1) is 14.6. The van der Waals surface area contributed by atoms with Crippen molar-refractivity contribution < 1.29 is 9.53 Å². The van der Waals surface area contributed by atoms with E-state index < -0.39 is 0 Å². The van der Waals surface area contributed by atoms with E-state index in [-0.39, 0.29) is 5.91 Å². The minimum Gasteiger partial charge on any atom is -0.489 e. The fourth-order valence-electron chi connectivity index (χ4n) is 2.81. The van der Waals surface area contributed by atoms with Crippen LogP contribution in [0.3, 0.4) is 0 Å². The molecule has 1 saturated carbocycles. The molecule has 1 N–H and O–H groups in total. The Hall–Kier alpha value is -2.29. The van der Waals surface area contributed by atoms with Crippen LogP contribution < -0.4 is 10.1 Å². The van der Waals surface area contributed by atoms with Crippen LogP contribution in [0.15, 0.2) is 54.6 Å². The van der Waals surface area contributed by atoms with Crippen LogP contribution in [0.2, 0.25) is 0 Å². The molecule has 2 aromatic carbocycles. The van der Waals surface area contributed by atoms with Crippen LogP contribution in [-0.4, -0.2) is 11.9 Å². The number of nitrogens with one attached hydrogen (secondary N) is 1. The number of carbonyl (C=O) groups excluding carboxylic acids is 1. The predicted octanol–water partition coefficient (Wildman–Crippen LogP) is 3.94. The molecule has 0 bridgehead atoms. The molecule has 1 aliphatic rings. The maximum absolute atomic E-state index is 12.3.